The molecule has 2 heterocycles. The lowest BCUT2D eigenvalue weighted by atomic mass is 10.1. The monoisotopic (exact) mass is 472 g/mol. The van der Waals surface area contributed by atoms with Crippen LogP contribution in [-0.2, 0) is 16.2 Å². The van der Waals surface area contributed by atoms with Crippen molar-refractivity contribution in [3.05, 3.63) is 90.8 Å². The summed E-state index contributed by atoms with van der Waals surface area (Å²) in [4.78, 5) is 11.0. The molecule has 0 aliphatic carbocycles. The van der Waals surface area contributed by atoms with E-state index in [4.69, 9.17) is 4.74 Å². The largest absolute Gasteiger partial charge is 0.439 e. The van der Waals surface area contributed by atoms with E-state index < -0.39 is 26.8 Å². The van der Waals surface area contributed by atoms with E-state index >= 15 is 0 Å². The fourth-order valence-corrected chi connectivity index (χ4v) is 3.66. The Morgan fingerprint density at radius 2 is 1.52 bits per heavy atom. The summed E-state index contributed by atoms with van der Waals surface area (Å²) in [6, 6.07) is 20.6. The molecule has 0 aliphatic rings. The second kappa shape index (κ2) is 8.87. The minimum absolute atomic E-state index is 0.0679. The zero-order valence-electron chi connectivity index (χ0n) is 16.7. The molecule has 0 amide bonds. The average Bonchev–Trinajstić information content (AvgIpc) is 2.79. The Balaban J connectivity index is 1.69. The third-order valence-corrected chi connectivity index (χ3v) is 5.61. The third kappa shape index (κ3) is 5.44. The van der Waals surface area contributed by atoms with E-state index in [9.17, 15) is 21.6 Å². The van der Waals surface area contributed by atoms with Gasteiger partial charge in [0.25, 0.3) is 10.0 Å². The van der Waals surface area contributed by atoms with Crippen molar-refractivity contribution < 1.29 is 26.3 Å². The second-order valence-electron chi connectivity index (χ2n) is 6.68. The van der Waals surface area contributed by atoms with Gasteiger partial charge < -0.3 is 4.74 Å². The molecular weight excluding hydrogens is 457 g/mol. The minimum Gasteiger partial charge on any atom is -0.439 e. The molecule has 2 aromatic heterocycles. The van der Waals surface area contributed by atoms with Crippen LogP contribution in [0.3, 0.4) is 0 Å². The first-order valence-corrected chi connectivity index (χ1v) is 10.9. The molecule has 0 saturated heterocycles. The average molecular weight is 472 g/mol. The zero-order valence-corrected chi connectivity index (χ0v) is 17.5. The van der Waals surface area contributed by atoms with Crippen LogP contribution in [0.4, 0.5) is 19.1 Å². The number of para-hydroxylation sites is 1. The van der Waals surface area contributed by atoms with Gasteiger partial charge in [-0.1, -0.05) is 48.5 Å². The van der Waals surface area contributed by atoms with Crippen LogP contribution in [0, 0.1) is 0 Å². The van der Waals surface area contributed by atoms with Crippen molar-refractivity contribution in [1.82, 2.24) is 15.0 Å². The van der Waals surface area contributed by atoms with Gasteiger partial charge in [-0.25, -0.2) is 18.1 Å². The van der Waals surface area contributed by atoms with E-state index in [1.54, 1.807) is 60.7 Å². The summed E-state index contributed by atoms with van der Waals surface area (Å²) in [5.74, 6) is 0.219. The number of hydrogen-bond donors (Lipinski definition) is 1. The van der Waals surface area contributed by atoms with Crippen LogP contribution in [0.15, 0.2) is 90.0 Å². The van der Waals surface area contributed by atoms with E-state index in [0.717, 1.165) is 6.07 Å². The number of halogens is 3. The highest BCUT2D eigenvalue weighted by atomic mass is 32.2. The van der Waals surface area contributed by atoms with Gasteiger partial charge >= 0.3 is 6.18 Å². The molecule has 0 bridgehead atoms. The summed E-state index contributed by atoms with van der Waals surface area (Å²) in [5, 5.41) is 0. The van der Waals surface area contributed by atoms with Gasteiger partial charge in [-0.05, 0) is 24.3 Å². The molecule has 0 spiro atoms. The Kier molecular flexibility index (Phi) is 5.97. The van der Waals surface area contributed by atoms with Gasteiger partial charge in [0, 0.05) is 17.8 Å². The molecule has 168 valence electrons. The van der Waals surface area contributed by atoms with Crippen molar-refractivity contribution in [2.45, 2.75) is 11.1 Å². The van der Waals surface area contributed by atoms with E-state index in [2.05, 4.69) is 19.7 Å². The number of anilines is 1. The highest BCUT2D eigenvalue weighted by Gasteiger charge is 2.32. The summed E-state index contributed by atoms with van der Waals surface area (Å²) in [6.07, 6.45) is -4.07. The molecule has 0 unspecified atom stereocenters. The van der Waals surface area contributed by atoms with Crippen molar-refractivity contribution >= 4 is 16.0 Å². The number of nitrogens with one attached hydrogen (secondary N) is 1. The maximum atomic E-state index is 12.7. The van der Waals surface area contributed by atoms with Gasteiger partial charge in [-0.3, -0.25) is 4.98 Å². The molecule has 0 fully saturated rings. The Morgan fingerprint density at radius 3 is 2.12 bits per heavy atom. The molecule has 0 radical (unpaired) electrons. The van der Waals surface area contributed by atoms with E-state index in [-0.39, 0.29) is 11.8 Å². The van der Waals surface area contributed by atoms with Gasteiger partial charge in [0.05, 0.1) is 5.69 Å². The molecule has 2 aromatic carbocycles. The van der Waals surface area contributed by atoms with Gasteiger partial charge in [0.2, 0.25) is 11.8 Å². The fourth-order valence-electron chi connectivity index (χ4n) is 2.78. The zero-order chi connectivity index (χ0) is 23.5. The lowest BCUT2D eigenvalue weighted by molar-refractivity contribution is -0.141. The number of alkyl halides is 3. The Hall–Kier alpha value is -3.99. The summed E-state index contributed by atoms with van der Waals surface area (Å²) in [6.45, 7) is 0. The Labute approximate surface area is 187 Å². The topological polar surface area (TPSA) is 94.1 Å². The van der Waals surface area contributed by atoms with Crippen LogP contribution in [0.2, 0.25) is 0 Å². The van der Waals surface area contributed by atoms with E-state index in [1.165, 1.54) is 0 Å². The van der Waals surface area contributed by atoms with Crippen molar-refractivity contribution in [3.63, 3.8) is 0 Å². The predicted octanol–water partition coefficient (Wildman–Crippen LogP) is 5.15. The highest BCUT2D eigenvalue weighted by molar-refractivity contribution is 7.92. The summed E-state index contributed by atoms with van der Waals surface area (Å²) >= 11 is 0. The molecule has 0 atom stereocenters. The van der Waals surface area contributed by atoms with Crippen LogP contribution in [0.1, 0.15) is 5.69 Å². The maximum absolute atomic E-state index is 12.7. The standard InChI is InChI=1S/C22H15F3N4O3S/c23-22(24,25)19-12-11-17(14-26-19)33(30,31)29-21-27-18(15-7-3-1-4-8-15)13-20(28-21)32-16-9-5-2-6-10-16/h1-14H,(H,27,28,29). The molecular formula is C22H15F3N4O3S. The lowest BCUT2D eigenvalue weighted by Gasteiger charge is -2.12. The number of aromatic nitrogens is 3. The highest BCUT2D eigenvalue weighted by Crippen LogP contribution is 2.29. The molecule has 4 aromatic rings. The third-order valence-electron chi connectivity index (χ3n) is 4.30. The Morgan fingerprint density at radius 1 is 0.848 bits per heavy atom. The predicted molar refractivity (Wildman–Crippen MR) is 114 cm³/mol. The fraction of sp³-hybridized carbons (Fsp3) is 0.0455. The van der Waals surface area contributed by atoms with E-state index in [1.807, 2.05) is 6.07 Å². The molecule has 7 nitrogen and oxygen atoms in total. The smallest absolute Gasteiger partial charge is 0.433 e. The van der Waals surface area contributed by atoms with Gasteiger partial charge in [0.1, 0.15) is 16.3 Å². The summed E-state index contributed by atoms with van der Waals surface area (Å²) in [5.41, 5.74) is -0.156. The number of hydrogen-bond acceptors (Lipinski definition) is 6. The first kappa shape index (κ1) is 22.2. The quantitative estimate of drug-likeness (QED) is 0.417. The second-order valence-corrected chi connectivity index (χ2v) is 8.36. The molecule has 0 aliphatic heterocycles. The number of rotatable bonds is 6. The molecule has 11 heteroatoms. The normalized spacial score (nSPS) is 11.7. The molecule has 0 saturated carbocycles. The number of pyridine rings is 1. The number of sulfonamides is 1. The van der Waals surface area contributed by atoms with Crippen molar-refractivity contribution in [3.8, 4) is 22.9 Å². The van der Waals surface area contributed by atoms with Gasteiger partial charge in [-0.15, -0.1) is 0 Å². The van der Waals surface area contributed by atoms with Crippen LogP contribution in [-0.4, -0.2) is 23.4 Å². The van der Waals surface area contributed by atoms with Crippen LogP contribution in [0.25, 0.3) is 11.3 Å². The van der Waals surface area contributed by atoms with Crippen molar-refractivity contribution in [2.24, 2.45) is 0 Å². The molecule has 33 heavy (non-hydrogen) atoms. The minimum atomic E-state index is -4.69. The number of benzene rings is 2. The molecule has 1 N–H and O–H groups in total. The SMILES string of the molecule is O=S(=O)(Nc1nc(Oc2ccccc2)cc(-c2ccccc2)n1)c1ccc(C(F)(F)F)nc1. The Bertz CT molecular complexity index is 1350. The first-order valence-electron chi connectivity index (χ1n) is 9.44. The van der Waals surface area contributed by atoms with Crippen LogP contribution < -0.4 is 9.46 Å². The first-order chi connectivity index (χ1) is 15.7. The van der Waals surface area contributed by atoms with Gasteiger partial charge in [0.15, 0.2) is 0 Å². The van der Waals surface area contributed by atoms with Gasteiger partial charge in [-0.2, -0.15) is 18.2 Å². The number of nitrogens with zero attached hydrogens (tertiary/aromatic N) is 3. The van der Waals surface area contributed by atoms with E-state index in [0.29, 0.717) is 29.3 Å². The molecule has 4 rings (SSSR count). The summed E-state index contributed by atoms with van der Waals surface area (Å²) < 4.78 is 71.6. The lowest BCUT2D eigenvalue weighted by Crippen LogP contribution is -2.17. The summed E-state index contributed by atoms with van der Waals surface area (Å²) in [7, 11) is -4.32. The van der Waals surface area contributed by atoms with Crippen molar-refractivity contribution in [2.75, 3.05) is 4.72 Å². The number of ether oxygens (including phenoxy) is 1. The van der Waals surface area contributed by atoms with Crippen LogP contribution in [0.5, 0.6) is 11.6 Å². The maximum Gasteiger partial charge on any atom is 0.433 e. The van der Waals surface area contributed by atoms with Crippen LogP contribution >= 0.6 is 0 Å². The van der Waals surface area contributed by atoms with Crippen molar-refractivity contribution in [1.29, 1.82) is 0 Å².